The number of hydrogen-bond donors (Lipinski definition) is 0. The van der Waals surface area contributed by atoms with Crippen LogP contribution in [0.4, 0.5) is 0 Å². The van der Waals surface area contributed by atoms with E-state index in [9.17, 15) is 4.79 Å². The Balaban J connectivity index is 2.67. The minimum absolute atomic E-state index is 0.188. The number of likely N-dealkylation sites (tertiary alicyclic amines) is 1. The largest absolute Gasteiger partial charge is 0.299 e. The first-order chi connectivity index (χ1) is 6.88. The van der Waals surface area contributed by atoms with Gasteiger partial charge < -0.3 is 0 Å². The molecule has 2 atom stereocenters. The molecule has 0 amide bonds. The Hall–Kier alpha value is -0.370. The van der Waals surface area contributed by atoms with Gasteiger partial charge >= 0.3 is 0 Å². The highest BCUT2D eigenvalue weighted by Crippen LogP contribution is 2.30. The summed E-state index contributed by atoms with van der Waals surface area (Å²) in [5.41, 5.74) is -0.188. The summed E-state index contributed by atoms with van der Waals surface area (Å²) in [7, 11) is 0. The lowest BCUT2D eigenvalue weighted by Gasteiger charge is -2.34. The van der Waals surface area contributed by atoms with E-state index in [0.717, 1.165) is 6.54 Å². The van der Waals surface area contributed by atoms with Crippen molar-refractivity contribution >= 4 is 5.78 Å². The van der Waals surface area contributed by atoms with E-state index in [0.29, 0.717) is 17.9 Å². The molecule has 15 heavy (non-hydrogen) atoms. The van der Waals surface area contributed by atoms with Gasteiger partial charge in [-0.1, -0.05) is 20.8 Å². The summed E-state index contributed by atoms with van der Waals surface area (Å²) in [4.78, 5) is 14.1. The molecule has 1 saturated heterocycles. The predicted molar refractivity (Wildman–Crippen MR) is 63.9 cm³/mol. The van der Waals surface area contributed by atoms with Crippen LogP contribution in [0.3, 0.4) is 0 Å². The van der Waals surface area contributed by atoms with Gasteiger partial charge in [0.15, 0.2) is 0 Å². The van der Waals surface area contributed by atoms with Crippen molar-refractivity contribution in [2.75, 3.05) is 6.54 Å². The van der Waals surface area contributed by atoms with Gasteiger partial charge in [0, 0.05) is 24.0 Å². The highest BCUT2D eigenvalue weighted by Gasteiger charge is 2.35. The Bertz CT molecular complexity index is 235. The van der Waals surface area contributed by atoms with Crippen molar-refractivity contribution in [1.82, 2.24) is 4.90 Å². The van der Waals surface area contributed by atoms with Crippen molar-refractivity contribution in [3.8, 4) is 0 Å². The number of nitrogens with zero attached hydrogens (tertiary/aromatic N) is 1. The van der Waals surface area contributed by atoms with Crippen molar-refractivity contribution < 1.29 is 4.79 Å². The van der Waals surface area contributed by atoms with Crippen LogP contribution in [-0.2, 0) is 4.79 Å². The fourth-order valence-corrected chi connectivity index (χ4v) is 2.42. The molecule has 2 nitrogen and oxygen atoms in total. The highest BCUT2D eigenvalue weighted by atomic mass is 16.1. The van der Waals surface area contributed by atoms with Crippen LogP contribution in [0.15, 0.2) is 0 Å². The van der Waals surface area contributed by atoms with Crippen molar-refractivity contribution in [2.45, 2.75) is 66.0 Å². The summed E-state index contributed by atoms with van der Waals surface area (Å²) in [6, 6.07) is 1.34. The quantitative estimate of drug-likeness (QED) is 0.712. The maximum Gasteiger partial charge on any atom is 0.136 e. The van der Waals surface area contributed by atoms with Crippen LogP contribution in [0, 0.1) is 5.41 Å². The summed E-state index contributed by atoms with van der Waals surface area (Å²) >= 11 is 0. The number of Topliss-reactive ketones (excluding diaryl/α,β-unsaturated/α-hetero) is 1. The zero-order valence-electron chi connectivity index (χ0n) is 10.8. The van der Waals surface area contributed by atoms with Crippen molar-refractivity contribution in [1.29, 1.82) is 0 Å². The molecule has 0 aromatic heterocycles. The smallest absolute Gasteiger partial charge is 0.136 e. The molecule has 0 N–H and O–H groups in total. The first-order valence-electron chi connectivity index (χ1n) is 6.15. The third kappa shape index (κ3) is 2.81. The number of carbonyl (C=O) groups is 1. The van der Waals surface area contributed by atoms with Crippen molar-refractivity contribution in [2.24, 2.45) is 5.41 Å². The second-order valence-corrected chi connectivity index (χ2v) is 5.60. The molecule has 0 aromatic rings. The van der Waals surface area contributed by atoms with E-state index in [-0.39, 0.29) is 5.41 Å². The summed E-state index contributed by atoms with van der Waals surface area (Å²) < 4.78 is 0. The van der Waals surface area contributed by atoms with Crippen LogP contribution in [0.5, 0.6) is 0 Å². The average molecular weight is 211 g/mol. The molecule has 0 saturated carbocycles. The number of carbonyl (C=O) groups excluding carboxylic acids is 1. The predicted octanol–water partition coefficient (Wildman–Crippen LogP) is 2.86. The van der Waals surface area contributed by atoms with Gasteiger partial charge in [-0.2, -0.15) is 0 Å². The van der Waals surface area contributed by atoms with Gasteiger partial charge in [0.05, 0.1) is 0 Å². The molecular weight excluding hydrogens is 186 g/mol. The monoisotopic (exact) mass is 211 g/mol. The molecule has 0 aromatic carbocycles. The molecule has 2 unspecified atom stereocenters. The molecule has 88 valence electrons. The fourth-order valence-electron chi connectivity index (χ4n) is 2.42. The van der Waals surface area contributed by atoms with Gasteiger partial charge in [-0.25, -0.2) is 0 Å². The summed E-state index contributed by atoms with van der Waals surface area (Å²) in [5, 5.41) is 0. The lowest BCUT2D eigenvalue weighted by molar-refractivity contribution is -0.126. The zero-order chi connectivity index (χ0) is 11.6. The normalized spacial score (nSPS) is 28.3. The van der Waals surface area contributed by atoms with Gasteiger partial charge in [-0.05, 0) is 33.1 Å². The average Bonchev–Trinajstić information content (AvgIpc) is 2.47. The topological polar surface area (TPSA) is 20.3 Å². The van der Waals surface area contributed by atoms with Crippen molar-refractivity contribution in [3.63, 3.8) is 0 Å². The maximum atomic E-state index is 11.5. The lowest BCUT2D eigenvalue weighted by Crippen LogP contribution is -2.43. The van der Waals surface area contributed by atoms with Gasteiger partial charge in [-0.3, -0.25) is 9.69 Å². The third-order valence-electron chi connectivity index (χ3n) is 3.96. The minimum Gasteiger partial charge on any atom is -0.299 e. The van der Waals surface area contributed by atoms with Crippen LogP contribution in [0.25, 0.3) is 0 Å². The number of rotatable bonds is 4. The van der Waals surface area contributed by atoms with Gasteiger partial charge in [0.25, 0.3) is 0 Å². The third-order valence-corrected chi connectivity index (χ3v) is 3.96. The minimum atomic E-state index is -0.188. The van der Waals surface area contributed by atoms with E-state index in [4.69, 9.17) is 0 Å². The molecule has 0 spiro atoms. The van der Waals surface area contributed by atoms with E-state index in [1.165, 1.54) is 19.3 Å². The van der Waals surface area contributed by atoms with Gasteiger partial charge in [0.1, 0.15) is 5.78 Å². The lowest BCUT2D eigenvalue weighted by atomic mass is 9.87. The van der Waals surface area contributed by atoms with E-state index in [2.05, 4.69) is 32.6 Å². The molecule has 1 fully saturated rings. The van der Waals surface area contributed by atoms with Crippen LogP contribution in [0.1, 0.15) is 53.9 Å². The Labute approximate surface area is 94.0 Å². The van der Waals surface area contributed by atoms with Gasteiger partial charge in [0.2, 0.25) is 0 Å². The van der Waals surface area contributed by atoms with Crippen LogP contribution < -0.4 is 0 Å². The molecule has 2 heteroatoms. The van der Waals surface area contributed by atoms with Crippen molar-refractivity contribution in [3.05, 3.63) is 0 Å². The molecule has 1 aliphatic heterocycles. The second-order valence-electron chi connectivity index (χ2n) is 5.60. The van der Waals surface area contributed by atoms with Crippen LogP contribution in [-0.4, -0.2) is 29.3 Å². The first kappa shape index (κ1) is 12.7. The molecule has 0 bridgehead atoms. The van der Waals surface area contributed by atoms with E-state index < -0.39 is 0 Å². The molecule has 1 aliphatic rings. The second kappa shape index (κ2) is 4.65. The highest BCUT2D eigenvalue weighted by molar-refractivity contribution is 5.81. The number of ketones is 1. The number of hydrogen-bond acceptors (Lipinski definition) is 2. The van der Waals surface area contributed by atoms with Crippen LogP contribution in [0.2, 0.25) is 0 Å². The summed E-state index contributed by atoms with van der Waals surface area (Å²) in [5.74, 6) is 0.302. The Morgan fingerprint density at radius 2 is 2.00 bits per heavy atom. The Kier molecular flexibility index (Phi) is 3.93. The maximum absolute atomic E-state index is 11.5. The molecule has 1 heterocycles. The SMILES string of the molecule is CCC1CCC(C)N1CC(C)(C)C(C)=O. The Morgan fingerprint density at radius 3 is 2.47 bits per heavy atom. The molecular formula is C13H25NO. The molecule has 0 aliphatic carbocycles. The van der Waals surface area contributed by atoms with E-state index in [1.54, 1.807) is 6.92 Å². The van der Waals surface area contributed by atoms with Gasteiger partial charge in [-0.15, -0.1) is 0 Å². The standard InChI is InChI=1S/C13H25NO/c1-6-12-8-7-10(2)14(12)9-13(4,5)11(3)15/h10,12H,6-9H2,1-5H3. The fraction of sp³-hybridized carbons (Fsp3) is 0.923. The van der Waals surface area contributed by atoms with E-state index >= 15 is 0 Å². The Morgan fingerprint density at radius 1 is 1.40 bits per heavy atom. The van der Waals surface area contributed by atoms with Crippen LogP contribution >= 0.6 is 0 Å². The summed E-state index contributed by atoms with van der Waals surface area (Å²) in [6.07, 6.45) is 3.79. The van der Waals surface area contributed by atoms with E-state index in [1.807, 2.05) is 0 Å². The summed E-state index contributed by atoms with van der Waals surface area (Å²) in [6.45, 7) is 11.3. The zero-order valence-corrected chi connectivity index (χ0v) is 10.8. The molecule has 1 rings (SSSR count). The molecule has 0 radical (unpaired) electrons. The first-order valence-corrected chi connectivity index (χ1v) is 6.15.